The number of nitrogens with zero attached hydrogens (tertiary/aromatic N) is 1. The van der Waals surface area contributed by atoms with E-state index in [-0.39, 0.29) is 11.8 Å². The van der Waals surface area contributed by atoms with Crippen molar-refractivity contribution in [2.75, 3.05) is 11.4 Å². The average Bonchev–Trinajstić information content (AvgIpc) is 2.57. The number of anilines is 1. The van der Waals surface area contributed by atoms with E-state index in [4.69, 9.17) is 4.74 Å². The lowest BCUT2D eigenvalue weighted by molar-refractivity contribution is 0.0584. The van der Waals surface area contributed by atoms with Gasteiger partial charge < -0.3 is 9.84 Å². The molecule has 0 spiro atoms. The Kier molecular flexibility index (Phi) is 2.73. The summed E-state index contributed by atoms with van der Waals surface area (Å²) in [4.78, 5) is 13.5. The molecule has 1 aliphatic heterocycles. The van der Waals surface area contributed by atoms with Crippen molar-refractivity contribution in [3.63, 3.8) is 0 Å². The topological polar surface area (TPSA) is 49.8 Å². The van der Waals surface area contributed by atoms with E-state index in [0.29, 0.717) is 6.54 Å². The summed E-state index contributed by atoms with van der Waals surface area (Å²) in [5, 5.41) is 9.45. The van der Waals surface area contributed by atoms with E-state index in [0.717, 1.165) is 17.7 Å². The number of amides is 1. The number of phenols is 1. The molecule has 0 aliphatic carbocycles. The smallest absolute Gasteiger partial charge is 0.414 e. The molecular weight excluding hydrogens is 218 g/mol. The van der Waals surface area contributed by atoms with Crippen molar-refractivity contribution >= 4 is 11.8 Å². The maximum Gasteiger partial charge on any atom is 0.414 e. The second-order valence-corrected chi connectivity index (χ2v) is 5.19. The number of hydrogen-bond acceptors (Lipinski definition) is 3. The van der Waals surface area contributed by atoms with Crippen LogP contribution in [0.4, 0.5) is 10.5 Å². The van der Waals surface area contributed by atoms with Crippen LogP contribution in [-0.4, -0.2) is 23.3 Å². The summed E-state index contributed by atoms with van der Waals surface area (Å²) in [5.41, 5.74) is 1.31. The minimum atomic E-state index is -0.503. The van der Waals surface area contributed by atoms with Gasteiger partial charge in [-0.1, -0.05) is 6.07 Å². The molecule has 1 N–H and O–H groups in total. The summed E-state index contributed by atoms with van der Waals surface area (Å²) >= 11 is 0. The minimum absolute atomic E-state index is 0.166. The number of aromatic hydroxyl groups is 1. The lowest BCUT2D eigenvalue weighted by Gasteiger charge is -2.24. The van der Waals surface area contributed by atoms with Crippen molar-refractivity contribution in [2.24, 2.45) is 0 Å². The molecule has 0 aromatic heterocycles. The number of fused-ring (bicyclic) bond motifs is 1. The molecule has 0 radical (unpaired) electrons. The Morgan fingerprint density at radius 2 is 2.12 bits per heavy atom. The standard InChI is InChI=1S/C13H17NO3/c1-13(2,3)17-12(16)14-7-6-9-4-5-10(15)8-11(9)14/h4-5,8,15H,6-7H2,1-3H3. The molecule has 1 amide bonds. The SMILES string of the molecule is CC(C)(C)OC(=O)N1CCc2ccc(O)cc21. The van der Waals surface area contributed by atoms with Gasteiger partial charge in [-0.05, 0) is 38.8 Å². The Morgan fingerprint density at radius 1 is 1.41 bits per heavy atom. The molecular formula is C13H17NO3. The molecule has 1 heterocycles. The maximum atomic E-state index is 12.0. The van der Waals surface area contributed by atoms with Crippen molar-refractivity contribution in [3.8, 4) is 5.75 Å². The third-order valence-corrected chi connectivity index (χ3v) is 2.58. The molecule has 2 rings (SSSR count). The van der Waals surface area contributed by atoms with Crippen LogP contribution in [0.3, 0.4) is 0 Å². The van der Waals surface area contributed by atoms with Gasteiger partial charge in [0, 0.05) is 12.6 Å². The highest BCUT2D eigenvalue weighted by atomic mass is 16.6. The van der Waals surface area contributed by atoms with Gasteiger partial charge in [0.25, 0.3) is 0 Å². The summed E-state index contributed by atoms with van der Waals surface area (Å²) in [5.74, 6) is 0.166. The van der Waals surface area contributed by atoms with Gasteiger partial charge in [-0.2, -0.15) is 0 Å². The van der Waals surface area contributed by atoms with Crippen LogP contribution in [0.5, 0.6) is 5.75 Å². The van der Waals surface area contributed by atoms with Crippen molar-refractivity contribution < 1.29 is 14.6 Å². The predicted molar refractivity (Wildman–Crippen MR) is 65.4 cm³/mol. The van der Waals surface area contributed by atoms with Gasteiger partial charge in [0.05, 0.1) is 5.69 Å². The Balaban J connectivity index is 2.22. The highest BCUT2D eigenvalue weighted by molar-refractivity contribution is 5.90. The van der Waals surface area contributed by atoms with Gasteiger partial charge in [0.2, 0.25) is 0 Å². The van der Waals surface area contributed by atoms with Crippen LogP contribution in [0.25, 0.3) is 0 Å². The summed E-state index contributed by atoms with van der Waals surface area (Å²) < 4.78 is 5.32. The Labute approximate surface area is 101 Å². The van der Waals surface area contributed by atoms with Crippen molar-refractivity contribution in [3.05, 3.63) is 23.8 Å². The van der Waals surface area contributed by atoms with E-state index in [1.54, 1.807) is 17.0 Å². The molecule has 0 fully saturated rings. The highest BCUT2D eigenvalue weighted by Crippen LogP contribution is 2.32. The Bertz CT molecular complexity index is 448. The average molecular weight is 235 g/mol. The lowest BCUT2D eigenvalue weighted by Crippen LogP contribution is -2.35. The molecule has 0 saturated carbocycles. The number of benzene rings is 1. The first kappa shape index (κ1) is 11.8. The fourth-order valence-electron chi connectivity index (χ4n) is 1.87. The van der Waals surface area contributed by atoms with E-state index < -0.39 is 5.60 Å². The van der Waals surface area contributed by atoms with E-state index in [9.17, 15) is 9.90 Å². The van der Waals surface area contributed by atoms with Crippen LogP contribution < -0.4 is 4.90 Å². The summed E-state index contributed by atoms with van der Waals surface area (Å²) in [6.45, 7) is 6.12. The largest absolute Gasteiger partial charge is 0.508 e. The first-order valence-corrected chi connectivity index (χ1v) is 5.69. The number of hydrogen-bond donors (Lipinski definition) is 1. The molecule has 0 saturated heterocycles. The summed E-state index contributed by atoms with van der Waals surface area (Å²) in [6.07, 6.45) is 0.441. The van der Waals surface area contributed by atoms with Crippen molar-refractivity contribution in [1.29, 1.82) is 0 Å². The number of rotatable bonds is 0. The van der Waals surface area contributed by atoms with Crippen LogP contribution >= 0.6 is 0 Å². The van der Waals surface area contributed by atoms with E-state index in [1.165, 1.54) is 0 Å². The molecule has 1 aliphatic rings. The van der Waals surface area contributed by atoms with Gasteiger partial charge in [-0.15, -0.1) is 0 Å². The van der Waals surface area contributed by atoms with Crippen LogP contribution in [0, 0.1) is 0 Å². The quantitative estimate of drug-likeness (QED) is 0.752. The third-order valence-electron chi connectivity index (χ3n) is 2.58. The Morgan fingerprint density at radius 3 is 2.76 bits per heavy atom. The minimum Gasteiger partial charge on any atom is -0.508 e. The van der Waals surface area contributed by atoms with E-state index in [2.05, 4.69) is 0 Å². The van der Waals surface area contributed by atoms with Crippen LogP contribution in [0.2, 0.25) is 0 Å². The Hall–Kier alpha value is -1.71. The van der Waals surface area contributed by atoms with E-state index in [1.807, 2.05) is 26.8 Å². The van der Waals surface area contributed by atoms with Crippen LogP contribution in [-0.2, 0) is 11.2 Å². The van der Waals surface area contributed by atoms with Gasteiger partial charge in [0.1, 0.15) is 11.4 Å². The summed E-state index contributed by atoms with van der Waals surface area (Å²) in [6, 6.07) is 5.08. The van der Waals surface area contributed by atoms with E-state index >= 15 is 0 Å². The summed E-state index contributed by atoms with van der Waals surface area (Å²) in [7, 11) is 0. The zero-order chi connectivity index (χ0) is 12.6. The second kappa shape index (κ2) is 3.95. The second-order valence-electron chi connectivity index (χ2n) is 5.19. The third kappa shape index (κ3) is 2.52. The monoisotopic (exact) mass is 235 g/mol. The fourth-order valence-corrected chi connectivity index (χ4v) is 1.87. The molecule has 92 valence electrons. The number of ether oxygens (including phenoxy) is 1. The normalized spacial score (nSPS) is 14.6. The first-order chi connectivity index (χ1) is 7.87. The van der Waals surface area contributed by atoms with Gasteiger partial charge in [-0.3, -0.25) is 4.90 Å². The molecule has 1 aromatic carbocycles. The lowest BCUT2D eigenvalue weighted by atomic mass is 10.1. The van der Waals surface area contributed by atoms with Gasteiger partial charge >= 0.3 is 6.09 Å². The van der Waals surface area contributed by atoms with Crippen molar-refractivity contribution in [1.82, 2.24) is 0 Å². The molecule has 4 nitrogen and oxygen atoms in total. The predicted octanol–water partition coefficient (Wildman–Crippen LogP) is 2.69. The molecule has 0 bridgehead atoms. The van der Waals surface area contributed by atoms with Crippen LogP contribution in [0.1, 0.15) is 26.3 Å². The molecule has 4 heteroatoms. The zero-order valence-corrected chi connectivity index (χ0v) is 10.4. The van der Waals surface area contributed by atoms with Gasteiger partial charge in [0.15, 0.2) is 0 Å². The number of carbonyl (C=O) groups excluding carboxylic acids is 1. The van der Waals surface area contributed by atoms with Gasteiger partial charge in [-0.25, -0.2) is 4.79 Å². The fraction of sp³-hybridized carbons (Fsp3) is 0.462. The number of carbonyl (C=O) groups is 1. The first-order valence-electron chi connectivity index (χ1n) is 5.69. The molecule has 0 atom stereocenters. The zero-order valence-electron chi connectivity index (χ0n) is 10.4. The molecule has 0 unspecified atom stereocenters. The highest BCUT2D eigenvalue weighted by Gasteiger charge is 2.28. The maximum absolute atomic E-state index is 12.0. The molecule has 17 heavy (non-hydrogen) atoms. The van der Waals surface area contributed by atoms with Crippen molar-refractivity contribution in [2.45, 2.75) is 32.8 Å². The number of phenolic OH excluding ortho intramolecular Hbond substituents is 1. The molecule has 1 aromatic rings. The van der Waals surface area contributed by atoms with Crippen LogP contribution in [0.15, 0.2) is 18.2 Å².